The summed E-state index contributed by atoms with van der Waals surface area (Å²) in [6.07, 6.45) is 1.02. The van der Waals surface area contributed by atoms with Gasteiger partial charge in [0.2, 0.25) is 5.91 Å². The molecule has 6 nitrogen and oxygen atoms in total. The molecule has 0 aliphatic carbocycles. The van der Waals surface area contributed by atoms with E-state index in [-0.39, 0.29) is 25.0 Å². The molecular formula is C27H28ClN3O3S. The summed E-state index contributed by atoms with van der Waals surface area (Å²) in [6, 6.07) is 16.6. The number of nitrogens with one attached hydrogen (secondary N) is 1. The summed E-state index contributed by atoms with van der Waals surface area (Å²) in [5.74, 6) is -0.507. The summed E-state index contributed by atoms with van der Waals surface area (Å²) in [6.45, 7) is 6.03. The lowest BCUT2D eigenvalue weighted by atomic mass is 9.91. The van der Waals surface area contributed by atoms with E-state index in [9.17, 15) is 9.59 Å². The van der Waals surface area contributed by atoms with E-state index < -0.39 is 12.0 Å². The monoisotopic (exact) mass is 509 g/mol. The van der Waals surface area contributed by atoms with Gasteiger partial charge in [0.05, 0.1) is 30.3 Å². The van der Waals surface area contributed by atoms with Gasteiger partial charge in [-0.2, -0.15) is 0 Å². The Balaban J connectivity index is 1.83. The minimum Gasteiger partial charge on any atom is -0.463 e. The third-order valence-electron chi connectivity index (χ3n) is 5.90. The highest BCUT2D eigenvalue weighted by Gasteiger charge is 2.42. The average Bonchev–Trinajstić information content (AvgIpc) is 3.26. The van der Waals surface area contributed by atoms with Gasteiger partial charge in [-0.1, -0.05) is 72.8 Å². The van der Waals surface area contributed by atoms with E-state index in [4.69, 9.17) is 21.3 Å². The molecule has 2 aliphatic heterocycles. The highest BCUT2D eigenvalue weighted by atomic mass is 35.5. The normalized spacial score (nSPS) is 17.9. The number of benzene rings is 2. The van der Waals surface area contributed by atoms with E-state index in [1.165, 1.54) is 11.8 Å². The van der Waals surface area contributed by atoms with Crippen molar-refractivity contribution in [2.24, 2.45) is 4.99 Å². The molecule has 0 fully saturated rings. The number of amides is 1. The molecule has 0 bridgehead atoms. The second kappa shape index (κ2) is 11.1. The number of halogens is 1. The zero-order valence-corrected chi connectivity index (χ0v) is 21.5. The third-order valence-corrected chi connectivity index (χ3v) is 7.04. The van der Waals surface area contributed by atoms with Gasteiger partial charge in [0, 0.05) is 22.3 Å². The maximum Gasteiger partial charge on any atom is 0.338 e. The minimum atomic E-state index is -0.522. The molecule has 0 spiro atoms. The summed E-state index contributed by atoms with van der Waals surface area (Å²) in [5.41, 5.74) is 3.46. The Hall–Kier alpha value is -3.03. The van der Waals surface area contributed by atoms with Crippen LogP contribution in [0.25, 0.3) is 5.70 Å². The van der Waals surface area contributed by atoms with Gasteiger partial charge in [-0.3, -0.25) is 4.79 Å². The molecule has 2 atom stereocenters. The molecule has 1 amide bonds. The van der Waals surface area contributed by atoms with Crippen molar-refractivity contribution in [3.05, 3.63) is 87.4 Å². The number of rotatable bonds is 8. The Labute approximate surface area is 215 Å². The molecule has 1 N–H and O–H groups in total. The number of nitrogens with zero attached hydrogens (tertiary/aromatic N) is 2. The van der Waals surface area contributed by atoms with Crippen molar-refractivity contribution in [1.82, 2.24) is 10.2 Å². The van der Waals surface area contributed by atoms with Gasteiger partial charge >= 0.3 is 5.97 Å². The molecule has 0 unspecified atom stereocenters. The molecule has 0 aromatic heterocycles. The number of carbonyl (C=O) groups is 2. The number of ether oxygens (including phenoxy) is 1. The van der Waals surface area contributed by atoms with E-state index in [2.05, 4.69) is 5.32 Å². The number of hydrogen-bond donors (Lipinski definition) is 1. The molecule has 4 rings (SSSR count). The average molecular weight is 510 g/mol. The summed E-state index contributed by atoms with van der Waals surface area (Å²) in [7, 11) is 0. The lowest BCUT2D eigenvalue weighted by Crippen LogP contribution is -2.39. The Morgan fingerprint density at radius 2 is 1.86 bits per heavy atom. The lowest BCUT2D eigenvalue weighted by Gasteiger charge is -2.37. The first-order valence-electron chi connectivity index (χ1n) is 11.7. The second-order valence-corrected chi connectivity index (χ2v) is 9.62. The maximum absolute atomic E-state index is 13.4. The van der Waals surface area contributed by atoms with E-state index in [1.807, 2.05) is 66.6 Å². The van der Waals surface area contributed by atoms with Crippen LogP contribution in [0.15, 0.2) is 76.3 Å². The summed E-state index contributed by atoms with van der Waals surface area (Å²) < 4.78 is 5.52. The Bertz CT molecular complexity index is 1190. The topological polar surface area (TPSA) is 71.0 Å². The number of fused-ring (bicyclic) bond motifs is 1. The van der Waals surface area contributed by atoms with Gasteiger partial charge < -0.3 is 15.0 Å². The first-order valence-corrected chi connectivity index (χ1v) is 12.9. The van der Waals surface area contributed by atoms with Crippen LogP contribution in [0.5, 0.6) is 0 Å². The standard InChI is InChI=1S/C27H28ClN3O3S/c1-4-17(3)29-22(32)15-21-16-35-27-30-24(18-9-7-6-8-10-18)23(26(33)34-5-2)25(31(21)27)19-11-13-20(28)14-12-19/h6-14,16-17,25H,4-5,15H2,1-3H3,(H,29,32)/t17-,25-/m1/s1. The van der Waals surface area contributed by atoms with Crippen molar-refractivity contribution in [3.63, 3.8) is 0 Å². The lowest BCUT2D eigenvalue weighted by molar-refractivity contribution is -0.139. The third kappa shape index (κ3) is 5.46. The molecule has 0 saturated carbocycles. The van der Waals surface area contributed by atoms with Gasteiger partial charge in [-0.15, -0.1) is 0 Å². The highest BCUT2D eigenvalue weighted by molar-refractivity contribution is 8.16. The number of esters is 1. The molecule has 0 saturated heterocycles. The number of carbonyl (C=O) groups excluding carboxylic acids is 2. The molecule has 8 heteroatoms. The second-order valence-electron chi connectivity index (χ2n) is 8.35. The summed E-state index contributed by atoms with van der Waals surface area (Å²) >= 11 is 7.64. The molecule has 35 heavy (non-hydrogen) atoms. The van der Waals surface area contributed by atoms with E-state index in [1.54, 1.807) is 19.1 Å². The molecule has 182 valence electrons. The van der Waals surface area contributed by atoms with Crippen molar-refractivity contribution in [2.45, 2.75) is 45.7 Å². The largest absolute Gasteiger partial charge is 0.463 e. The van der Waals surface area contributed by atoms with Crippen LogP contribution in [0.3, 0.4) is 0 Å². The number of hydrogen-bond acceptors (Lipinski definition) is 6. The molecule has 0 radical (unpaired) electrons. The van der Waals surface area contributed by atoms with Crippen molar-refractivity contribution in [1.29, 1.82) is 0 Å². The van der Waals surface area contributed by atoms with Gasteiger partial charge in [0.25, 0.3) is 0 Å². The fourth-order valence-electron chi connectivity index (χ4n) is 4.04. The SMILES string of the molecule is CCOC(=O)C1=C(c2ccccc2)N=C2SC=C(CC(=O)N[C@H](C)CC)N2[C@@H]1c1ccc(Cl)cc1. The van der Waals surface area contributed by atoms with Crippen molar-refractivity contribution >= 4 is 46.1 Å². The predicted molar refractivity (Wildman–Crippen MR) is 142 cm³/mol. The molecular weight excluding hydrogens is 482 g/mol. The van der Waals surface area contributed by atoms with Crippen LogP contribution in [0.4, 0.5) is 0 Å². The Morgan fingerprint density at radius 1 is 1.14 bits per heavy atom. The van der Waals surface area contributed by atoms with Crippen LogP contribution >= 0.6 is 23.4 Å². The van der Waals surface area contributed by atoms with Gasteiger partial charge in [0.1, 0.15) is 0 Å². The van der Waals surface area contributed by atoms with Crippen LogP contribution in [0.2, 0.25) is 5.02 Å². The van der Waals surface area contributed by atoms with E-state index >= 15 is 0 Å². The first kappa shape index (κ1) is 25.1. The van der Waals surface area contributed by atoms with Crippen LogP contribution in [0, 0.1) is 0 Å². The number of amidine groups is 1. The van der Waals surface area contributed by atoms with E-state index in [0.29, 0.717) is 21.5 Å². The van der Waals surface area contributed by atoms with Crippen LogP contribution in [-0.4, -0.2) is 34.6 Å². The molecule has 2 aliphatic rings. The summed E-state index contributed by atoms with van der Waals surface area (Å²) in [5, 5.41) is 6.28. The van der Waals surface area contributed by atoms with Gasteiger partial charge in [0.15, 0.2) is 5.17 Å². The molecule has 2 aromatic carbocycles. The minimum absolute atomic E-state index is 0.0715. The Morgan fingerprint density at radius 3 is 2.51 bits per heavy atom. The van der Waals surface area contributed by atoms with Crippen molar-refractivity contribution in [3.8, 4) is 0 Å². The zero-order valence-electron chi connectivity index (χ0n) is 20.0. The Kier molecular flexibility index (Phi) is 7.98. The zero-order chi connectivity index (χ0) is 24.9. The fraction of sp³-hybridized carbons (Fsp3) is 0.296. The number of thioether (sulfide) groups is 1. The molecule has 2 heterocycles. The summed E-state index contributed by atoms with van der Waals surface area (Å²) in [4.78, 5) is 33.1. The predicted octanol–water partition coefficient (Wildman–Crippen LogP) is 5.92. The van der Waals surface area contributed by atoms with Crippen molar-refractivity contribution in [2.75, 3.05) is 6.61 Å². The van der Waals surface area contributed by atoms with Gasteiger partial charge in [-0.05, 0) is 43.4 Å². The van der Waals surface area contributed by atoms with Gasteiger partial charge in [-0.25, -0.2) is 9.79 Å². The van der Waals surface area contributed by atoms with Crippen LogP contribution in [-0.2, 0) is 14.3 Å². The first-order chi connectivity index (χ1) is 16.9. The quantitative estimate of drug-likeness (QED) is 0.447. The fourth-order valence-corrected chi connectivity index (χ4v) is 5.09. The van der Waals surface area contributed by atoms with E-state index in [0.717, 1.165) is 23.2 Å². The molecule has 2 aromatic rings. The maximum atomic E-state index is 13.4. The van der Waals surface area contributed by atoms with Crippen LogP contribution < -0.4 is 5.32 Å². The highest BCUT2D eigenvalue weighted by Crippen LogP contribution is 2.47. The van der Waals surface area contributed by atoms with Crippen LogP contribution in [0.1, 0.15) is 50.8 Å². The smallest absolute Gasteiger partial charge is 0.338 e. The van der Waals surface area contributed by atoms with Crippen molar-refractivity contribution < 1.29 is 14.3 Å². The number of aliphatic imine (C=N–C) groups is 1.